The molecule has 4 amide bonds. The van der Waals surface area contributed by atoms with Gasteiger partial charge in [-0.05, 0) is 44.9 Å². The molecule has 0 aliphatic heterocycles. The summed E-state index contributed by atoms with van der Waals surface area (Å²) in [5, 5.41) is 38.3. The van der Waals surface area contributed by atoms with E-state index in [1.165, 1.54) is 70.6 Å². The van der Waals surface area contributed by atoms with Gasteiger partial charge in [0, 0.05) is 38.9 Å². The van der Waals surface area contributed by atoms with Crippen molar-refractivity contribution in [3.63, 3.8) is 0 Å². The number of carboxylic acids is 2. The van der Waals surface area contributed by atoms with E-state index in [9.17, 15) is 48.7 Å². The molecule has 0 aromatic carbocycles. The minimum absolute atomic E-state index is 0.0283. The third kappa shape index (κ3) is 48.3. The molecule has 0 aliphatic carbocycles. The highest BCUT2D eigenvalue weighted by atomic mass is 16.7. The minimum atomic E-state index is -1.18. The summed E-state index contributed by atoms with van der Waals surface area (Å²) in [6.07, 6.45) is 25.7. The fourth-order valence-corrected chi connectivity index (χ4v) is 7.89. The van der Waals surface area contributed by atoms with Gasteiger partial charge in [-0.3, -0.25) is 24.0 Å². The van der Waals surface area contributed by atoms with Crippen LogP contribution in [-0.4, -0.2) is 154 Å². The Morgan fingerprint density at radius 3 is 1.36 bits per heavy atom. The van der Waals surface area contributed by atoms with Gasteiger partial charge in [0.05, 0.1) is 39.6 Å². The number of nitrogens with two attached hydrogens (primary N) is 1. The Bertz CT molecular complexity index is 1550. The molecule has 3 unspecified atom stereocenters. The van der Waals surface area contributed by atoms with Crippen molar-refractivity contribution in [3.8, 4) is 0 Å². The monoisotopic (exact) mass is 1110 g/mol. The molecule has 0 aliphatic rings. The Hall–Kier alpha value is -4.56. The van der Waals surface area contributed by atoms with E-state index in [2.05, 4.69) is 38.5 Å². The third-order valence-electron chi connectivity index (χ3n) is 12.4. The first kappa shape index (κ1) is 72.4. The van der Waals surface area contributed by atoms with Crippen LogP contribution in [0.4, 0.5) is 0 Å². The number of aliphatic carboxylic acids is 2. The van der Waals surface area contributed by atoms with Gasteiger partial charge in [-0.15, -0.1) is 5.48 Å². The number of hydroxylamine groups is 2. The molecular formula is C53H99N7O17. The Balaban J connectivity index is 3.83. The quantitative estimate of drug-likeness (QED) is 0.0284. The molecule has 3 atom stereocenters. The van der Waals surface area contributed by atoms with E-state index < -0.39 is 42.0 Å². The number of unbranched alkanes of at least 4 members (excludes halogenated alkanes) is 21. The highest BCUT2D eigenvalue weighted by molar-refractivity contribution is 5.84. The van der Waals surface area contributed by atoms with Crippen LogP contribution < -0.4 is 38.1 Å². The first-order chi connectivity index (χ1) is 37.3. The minimum Gasteiger partial charge on any atom is -0.481 e. The number of carbonyl (C=O) groups excluding carboxylic acids is 6. The third-order valence-corrected chi connectivity index (χ3v) is 12.4. The number of hydrogen-bond acceptors (Lipinski definition) is 18. The SMILES string of the molecule is CCCCCCCCCCCCCCCCCC(=O)NC(CCC(=O)NCCOCCOCC(=O)NCCOCCOCC(=O)NCCCCC(NO)C(=O)ONC(CCCCCCCCCC(=O)O)C(=O)ON)C(=O)O. The van der Waals surface area contributed by atoms with Gasteiger partial charge in [0.15, 0.2) is 0 Å². The average molecular weight is 1110 g/mol. The topological polar surface area (TPSA) is 351 Å². The Morgan fingerprint density at radius 2 is 0.870 bits per heavy atom. The highest BCUT2D eigenvalue weighted by Crippen LogP contribution is 2.15. The summed E-state index contributed by atoms with van der Waals surface area (Å²) in [7, 11) is 0. The zero-order valence-corrected chi connectivity index (χ0v) is 46.4. The smallest absolute Gasteiger partial charge is 0.344 e. The van der Waals surface area contributed by atoms with Gasteiger partial charge in [0.1, 0.15) is 31.3 Å². The highest BCUT2D eigenvalue weighted by Gasteiger charge is 2.25. The van der Waals surface area contributed by atoms with Crippen molar-refractivity contribution in [2.24, 2.45) is 5.90 Å². The standard InChI is InChI=1S/C53H99N7O17/c1-2-3-4-5-6-7-8-9-10-11-12-13-16-19-22-28-47(62)58-43(51(67)68)30-31-46(61)56-33-35-72-37-40-75-42-49(64)57-34-36-73-38-39-74-41-48(63)55-32-25-24-26-44(59-71)53(70)77-60-45(52(69)76-54)27-21-18-15-14-17-20-23-29-50(65)66/h43-45,59-60,71H,2-42,54H2,1H3,(H,55,63)(H,56,61)(H,57,64)(H,58,62)(H,65,66)(H,67,68). The predicted molar refractivity (Wildman–Crippen MR) is 286 cm³/mol. The van der Waals surface area contributed by atoms with E-state index in [4.69, 9.17) is 34.8 Å². The zero-order valence-electron chi connectivity index (χ0n) is 46.4. The molecule has 0 saturated heterocycles. The van der Waals surface area contributed by atoms with E-state index in [0.717, 1.165) is 51.4 Å². The molecule has 0 saturated carbocycles. The largest absolute Gasteiger partial charge is 0.481 e. The lowest BCUT2D eigenvalue weighted by Gasteiger charge is -2.18. The van der Waals surface area contributed by atoms with Gasteiger partial charge < -0.3 is 65.3 Å². The van der Waals surface area contributed by atoms with Gasteiger partial charge >= 0.3 is 23.9 Å². The normalized spacial score (nSPS) is 12.3. The second kappa shape index (κ2) is 53.4. The summed E-state index contributed by atoms with van der Waals surface area (Å²) in [6.45, 7) is 3.59. The molecule has 77 heavy (non-hydrogen) atoms. The summed E-state index contributed by atoms with van der Waals surface area (Å²) >= 11 is 0. The van der Waals surface area contributed by atoms with Crippen molar-refractivity contribution in [1.82, 2.24) is 32.2 Å². The van der Waals surface area contributed by atoms with E-state index >= 15 is 0 Å². The first-order valence-corrected chi connectivity index (χ1v) is 28.5. The first-order valence-electron chi connectivity index (χ1n) is 28.5. The van der Waals surface area contributed by atoms with Crippen LogP contribution in [0.25, 0.3) is 0 Å². The second-order valence-corrected chi connectivity index (χ2v) is 19.2. The lowest BCUT2D eigenvalue weighted by Crippen LogP contribution is -2.45. The van der Waals surface area contributed by atoms with Gasteiger partial charge in [-0.25, -0.2) is 14.4 Å². The summed E-state index contributed by atoms with van der Waals surface area (Å²) in [6, 6.07) is -3.25. The van der Waals surface area contributed by atoms with Crippen LogP contribution in [0.5, 0.6) is 0 Å². The summed E-state index contributed by atoms with van der Waals surface area (Å²) < 4.78 is 21.4. The van der Waals surface area contributed by atoms with E-state index in [1.54, 1.807) is 0 Å². The summed E-state index contributed by atoms with van der Waals surface area (Å²) in [5.74, 6) is -0.0141. The van der Waals surface area contributed by atoms with Crippen LogP contribution in [0.1, 0.15) is 200 Å². The molecule has 24 heteroatoms. The van der Waals surface area contributed by atoms with Crippen LogP contribution in [0.2, 0.25) is 0 Å². The molecule has 0 aromatic heterocycles. The maximum Gasteiger partial charge on any atom is 0.344 e. The number of amides is 4. The van der Waals surface area contributed by atoms with Crippen LogP contribution >= 0.6 is 0 Å². The molecule has 0 bridgehead atoms. The second-order valence-electron chi connectivity index (χ2n) is 19.2. The van der Waals surface area contributed by atoms with Crippen molar-refractivity contribution in [2.75, 3.05) is 72.5 Å². The number of hydrogen-bond donors (Lipinski definition) is 10. The molecule has 0 rings (SSSR count). The molecule has 448 valence electrons. The van der Waals surface area contributed by atoms with Gasteiger partial charge in [0.25, 0.3) is 0 Å². The number of rotatable bonds is 57. The fraction of sp³-hybridized carbons (Fsp3) is 0.849. The number of carbonyl (C=O) groups is 8. The Labute approximate surface area is 457 Å². The Kier molecular flexibility index (Phi) is 50.3. The van der Waals surface area contributed by atoms with Crippen LogP contribution in [0.3, 0.4) is 0 Å². The lowest BCUT2D eigenvalue weighted by atomic mass is 10.0. The lowest BCUT2D eigenvalue weighted by molar-refractivity contribution is -0.165. The molecular weight excluding hydrogens is 1010 g/mol. The maximum atomic E-state index is 12.5. The zero-order chi connectivity index (χ0) is 56.8. The Morgan fingerprint density at radius 1 is 0.429 bits per heavy atom. The van der Waals surface area contributed by atoms with Crippen LogP contribution in [0, 0.1) is 0 Å². The molecule has 0 aromatic rings. The summed E-state index contributed by atoms with van der Waals surface area (Å²) in [4.78, 5) is 105. The number of ether oxygens (including phenoxy) is 4. The maximum absolute atomic E-state index is 12.5. The van der Waals surface area contributed by atoms with Crippen molar-refractivity contribution < 1.29 is 82.4 Å². The van der Waals surface area contributed by atoms with Gasteiger partial charge in [-0.2, -0.15) is 11.4 Å². The van der Waals surface area contributed by atoms with E-state index in [0.29, 0.717) is 32.1 Å². The molecule has 0 fully saturated rings. The number of carboxylic acid groups (broad SMARTS) is 2. The average Bonchev–Trinajstić information content (AvgIpc) is 3.40. The molecule has 0 spiro atoms. The van der Waals surface area contributed by atoms with Crippen molar-refractivity contribution in [1.29, 1.82) is 0 Å². The van der Waals surface area contributed by atoms with Crippen LogP contribution in [0.15, 0.2) is 0 Å². The van der Waals surface area contributed by atoms with Crippen molar-refractivity contribution in [3.05, 3.63) is 0 Å². The molecule has 0 radical (unpaired) electrons. The summed E-state index contributed by atoms with van der Waals surface area (Å²) in [5.41, 5.74) is 4.26. The van der Waals surface area contributed by atoms with Crippen molar-refractivity contribution >= 4 is 47.5 Å². The van der Waals surface area contributed by atoms with Gasteiger partial charge in [0.2, 0.25) is 23.6 Å². The van der Waals surface area contributed by atoms with Crippen molar-refractivity contribution in [2.45, 2.75) is 218 Å². The predicted octanol–water partition coefficient (Wildman–Crippen LogP) is 4.96. The van der Waals surface area contributed by atoms with E-state index in [-0.39, 0.29) is 135 Å². The fourth-order valence-electron chi connectivity index (χ4n) is 7.89. The van der Waals surface area contributed by atoms with Gasteiger partial charge in [-0.1, -0.05) is 135 Å². The molecule has 11 N–H and O–H groups in total. The van der Waals surface area contributed by atoms with E-state index in [1.807, 2.05) is 5.48 Å². The molecule has 24 nitrogen and oxygen atoms in total. The number of nitrogens with one attached hydrogen (secondary N) is 6. The molecule has 0 heterocycles. The van der Waals surface area contributed by atoms with Crippen LogP contribution in [-0.2, 0) is 67.0 Å².